The highest BCUT2D eigenvalue weighted by Gasteiger charge is 2.45. The minimum atomic E-state index is 0.254. The number of methoxy groups -OCH3 is 1. The van der Waals surface area contributed by atoms with Gasteiger partial charge >= 0.3 is 0 Å². The summed E-state index contributed by atoms with van der Waals surface area (Å²) in [5, 5.41) is 0. The van der Waals surface area contributed by atoms with E-state index in [0.29, 0.717) is 11.8 Å². The fourth-order valence-electron chi connectivity index (χ4n) is 4.44. The third-order valence-electron chi connectivity index (χ3n) is 5.87. The van der Waals surface area contributed by atoms with E-state index in [-0.39, 0.29) is 5.54 Å². The summed E-state index contributed by atoms with van der Waals surface area (Å²) in [6, 6.07) is 0. The summed E-state index contributed by atoms with van der Waals surface area (Å²) < 4.78 is 5.37. The summed E-state index contributed by atoms with van der Waals surface area (Å²) in [6.45, 7) is 8.97. The Bertz CT molecular complexity index is 282. The molecule has 2 aliphatic rings. The molecule has 0 aromatic carbocycles. The highest BCUT2D eigenvalue weighted by atomic mass is 16.5. The normalized spacial score (nSPS) is 41.4. The molecule has 4 atom stereocenters. The molecule has 3 nitrogen and oxygen atoms in total. The van der Waals surface area contributed by atoms with Gasteiger partial charge in [-0.3, -0.25) is 4.90 Å². The molecule has 1 saturated heterocycles. The first kappa shape index (κ1) is 15.3. The fourth-order valence-corrected chi connectivity index (χ4v) is 4.44. The number of rotatable bonds is 4. The van der Waals surface area contributed by atoms with Crippen LogP contribution in [0, 0.1) is 17.8 Å². The molecule has 1 aliphatic heterocycles. The Balaban J connectivity index is 2.11. The number of hydrogen-bond acceptors (Lipinski definition) is 3. The summed E-state index contributed by atoms with van der Waals surface area (Å²) in [7, 11) is 1.82. The van der Waals surface area contributed by atoms with Crippen molar-refractivity contribution in [2.75, 3.05) is 33.4 Å². The number of piperidine rings is 1. The monoisotopic (exact) mass is 268 g/mol. The lowest BCUT2D eigenvalue weighted by Crippen LogP contribution is -2.63. The van der Waals surface area contributed by atoms with Crippen LogP contribution in [0.15, 0.2) is 0 Å². The summed E-state index contributed by atoms with van der Waals surface area (Å²) in [4.78, 5) is 2.72. The van der Waals surface area contributed by atoms with Crippen molar-refractivity contribution in [3.63, 3.8) is 0 Å². The second-order valence-corrected chi connectivity index (χ2v) is 6.88. The Hall–Kier alpha value is -0.120. The van der Waals surface area contributed by atoms with Crippen molar-refractivity contribution in [2.45, 2.75) is 51.5 Å². The van der Waals surface area contributed by atoms with Crippen LogP contribution >= 0.6 is 0 Å². The number of likely N-dealkylation sites (tertiary alicyclic amines) is 1. The van der Waals surface area contributed by atoms with Crippen molar-refractivity contribution in [1.29, 1.82) is 0 Å². The lowest BCUT2D eigenvalue weighted by atomic mass is 9.66. The molecule has 2 fully saturated rings. The highest BCUT2D eigenvalue weighted by molar-refractivity contribution is 5.01. The van der Waals surface area contributed by atoms with Gasteiger partial charge in [0.25, 0.3) is 0 Å². The summed E-state index contributed by atoms with van der Waals surface area (Å²) >= 11 is 0. The SMILES string of the molecule is COCC1CCCN(C2(CN)CCCC(C)C2C)C1. The number of hydrogen-bond donors (Lipinski definition) is 1. The average Bonchev–Trinajstić information content (AvgIpc) is 2.43. The predicted molar refractivity (Wildman–Crippen MR) is 80.1 cm³/mol. The van der Waals surface area contributed by atoms with E-state index in [1.165, 1.54) is 45.2 Å². The van der Waals surface area contributed by atoms with Gasteiger partial charge in [0.15, 0.2) is 0 Å². The zero-order valence-electron chi connectivity index (χ0n) is 13.0. The first-order valence-electron chi connectivity index (χ1n) is 8.08. The van der Waals surface area contributed by atoms with Crippen LogP contribution in [0.5, 0.6) is 0 Å². The molecular weight excluding hydrogens is 236 g/mol. The zero-order valence-corrected chi connectivity index (χ0v) is 13.0. The third-order valence-corrected chi connectivity index (χ3v) is 5.87. The van der Waals surface area contributed by atoms with Crippen molar-refractivity contribution in [1.82, 2.24) is 4.90 Å². The van der Waals surface area contributed by atoms with Crippen LogP contribution in [0.25, 0.3) is 0 Å². The second kappa shape index (κ2) is 6.55. The lowest BCUT2D eigenvalue weighted by Gasteiger charge is -2.54. The maximum absolute atomic E-state index is 6.27. The van der Waals surface area contributed by atoms with Gasteiger partial charge in [0.1, 0.15) is 0 Å². The Morgan fingerprint density at radius 3 is 2.74 bits per heavy atom. The van der Waals surface area contributed by atoms with Gasteiger partial charge in [0.2, 0.25) is 0 Å². The molecule has 0 aromatic heterocycles. The van der Waals surface area contributed by atoms with Gasteiger partial charge in [-0.2, -0.15) is 0 Å². The molecule has 1 saturated carbocycles. The van der Waals surface area contributed by atoms with E-state index in [1.54, 1.807) is 0 Å². The molecule has 0 amide bonds. The molecule has 0 aromatic rings. The predicted octanol–water partition coefficient (Wildman–Crippen LogP) is 2.50. The van der Waals surface area contributed by atoms with Crippen molar-refractivity contribution in [3.8, 4) is 0 Å². The first-order chi connectivity index (χ1) is 9.14. The smallest absolute Gasteiger partial charge is 0.0502 e. The molecule has 0 radical (unpaired) electrons. The molecule has 0 spiro atoms. The van der Waals surface area contributed by atoms with Gasteiger partial charge in [-0.05, 0) is 43.6 Å². The van der Waals surface area contributed by atoms with E-state index >= 15 is 0 Å². The molecule has 4 unspecified atom stereocenters. The standard InChI is InChI=1S/C16H32N2O/c1-13-6-4-8-16(12-17,14(13)2)18-9-5-7-15(10-18)11-19-3/h13-15H,4-12,17H2,1-3H3. The van der Waals surface area contributed by atoms with Crippen molar-refractivity contribution >= 4 is 0 Å². The Morgan fingerprint density at radius 1 is 1.26 bits per heavy atom. The lowest BCUT2D eigenvalue weighted by molar-refractivity contribution is -0.0431. The van der Waals surface area contributed by atoms with Crippen LogP contribution in [0.2, 0.25) is 0 Å². The second-order valence-electron chi connectivity index (χ2n) is 6.88. The van der Waals surface area contributed by atoms with Crippen molar-refractivity contribution < 1.29 is 4.74 Å². The summed E-state index contributed by atoms with van der Waals surface area (Å²) in [5.41, 5.74) is 6.52. The maximum Gasteiger partial charge on any atom is 0.0502 e. The zero-order chi connectivity index (χ0) is 13.9. The molecular formula is C16H32N2O. The van der Waals surface area contributed by atoms with Crippen molar-refractivity contribution in [3.05, 3.63) is 0 Å². The fraction of sp³-hybridized carbons (Fsp3) is 1.00. The highest BCUT2D eigenvalue weighted by Crippen LogP contribution is 2.42. The van der Waals surface area contributed by atoms with Crippen LogP contribution in [0.4, 0.5) is 0 Å². The molecule has 112 valence electrons. The third kappa shape index (κ3) is 2.98. The number of ether oxygens (including phenoxy) is 1. The summed E-state index contributed by atoms with van der Waals surface area (Å²) in [6.07, 6.45) is 6.62. The molecule has 19 heavy (non-hydrogen) atoms. The van der Waals surface area contributed by atoms with Crippen LogP contribution in [0.3, 0.4) is 0 Å². The van der Waals surface area contributed by atoms with Crippen molar-refractivity contribution in [2.24, 2.45) is 23.5 Å². The quantitative estimate of drug-likeness (QED) is 0.851. The van der Waals surface area contributed by atoms with Gasteiger partial charge in [0, 0.05) is 25.7 Å². The van der Waals surface area contributed by atoms with E-state index in [9.17, 15) is 0 Å². The van der Waals surface area contributed by atoms with E-state index < -0.39 is 0 Å². The topological polar surface area (TPSA) is 38.5 Å². The Labute approximate surface area is 118 Å². The van der Waals surface area contributed by atoms with E-state index in [0.717, 1.165) is 19.1 Å². The molecule has 2 rings (SSSR count). The van der Waals surface area contributed by atoms with Crippen LogP contribution < -0.4 is 5.73 Å². The van der Waals surface area contributed by atoms with Crippen LogP contribution in [-0.2, 0) is 4.74 Å². The molecule has 2 N–H and O–H groups in total. The number of nitrogens with zero attached hydrogens (tertiary/aromatic N) is 1. The van der Waals surface area contributed by atoms with Gasteiger partial charge < -0.3 is 10.5 Å². The first-order valence-corrected chi connectivity index (χ1v) is 8.08. The molecule has 3 heteroatoms. The summed E-state index contributed by atoms with van der Waals surface area (Å²) in [5.74, 6) is 2.22. The van der Waals surface area contributed by atoms with Gasteiger partial charge in [-0.15, -0.1) is 0 Å². The van der Waals surface area contributed by atoms with E-state index in [1.807, 2.05) is 7.11 Å². The van der Waals surface area contributed by atoms with Gasteiger partial charge in [0.05, 0.1) is 6.61 Å². The maximum atomic E-state index is 6.27. The van der Waals surface area contributed by atoms with E-state index in [2.05, 4.69) is 18.7 Å². The van der Waals surface area contributed by atoms with E-state index in [4.69, 9.17) is 10.5 Å². The molecule has 1 heterocycles. The Kier molecular flexibility index (Phi) is 5.27. The Morgan fingerprint density at radius 2 is 2.05 bits per heavy atom. The minimum Gasteiger partial charge on any atom is -0.384 e. The largest absolute Gasteiger partial charge is 0.384 e. The number of nitrogens with two attached hydrogens (primary N) is 1. The van der Waals surface area contributed by atoms with Gasteiger partial charge in [-0.1, -0.05) is 26.7 Å². The van der Waals surface area contributed by atoms with Crippen LogP contribution in [-0.4, -0.2) is 43.8 Å². The average molecular weight is 268 g/mol. The molecule has 0 bridgehead atoms. The van der Waals surface area contributed by atoms with Crippen LogP contribution in [0.1, 0.15) is 46.0 Å². The minimum absolute atomic E-state index is 0.254. The van der Waals surface area contributed by atoms with Gasteiger partial charge in [-0.25, -0.2) is 0 Å². The molecule has 1 aliphatic carbocycles.